The zero-order valence-electron chi connectivity index (χ0n) is 15.8. The number of allylic oxidation sites excluding steroid dienone is 1. The molecule has 7 nitrogen and oxygen atoms in total. The summed E-state index contributed by atoms with van der Waals surface area (Å²) in [6, 6.07) is 16.4. The van der Waals surface area contributed by atoms with Crippen LogP contribution in [0.5, 0.6) is 0 Å². The third-order valence-corrected chi connectivity index (χ3v) is 4.90. The third-order valence-electron chi connectivity index (χ3n) is 4.90. The molecule has 0 fully saturated rings. The quantitative estimate of drug-likeness (QED) is 0.287. The van der Waals surface area contributed by atoms with Gasteiger partial charge in [0, 0.05) is 23.3 Å². The molecule has 2 heterocycles. The number of nitrogens with one attached hydrogen (secondary N) is 1. The highest BCUT2D eigenvalue weighted by Gasteiger charge is 2.17. The van der Waals surface area contributed by atoms with E-state index in [9.17, 15) is 15.4 Å². The van der Waals surface area contributed by atoms with Crippen molar-refractivity contribution in [3.63, 3.8) is 0 Å². The topological polar surface area (TPSA) is 109 Å². The number of furan rings is 1. The molecule has 2 aromatic heterocycles. The van der Waals surface area contributed by atoms with Gasteiger partial charge in [0.2, 0.25) is 0 Å². The second-order valence-electron chi connectivity index (χ2n) is 6.61. The van der Waals surface area contributed by atoms with Crippen LogP contribution in [-0.2, 0) is 0 Å². The molecule has 0 unspecified atom stereocenters. The molecule has 29 heavy (non-hydrogen) atoms. The molecule has 0 spiro atoms. The molecule has 0 atom stereocenters. The highest BCUT2D eigenvalue weighted by molar-refractivity contribution is 5.89. The summed E-state index contributed by atoms with van der Waals surface area (Å²) in [6.07, 6.45) is 1.62. The van der Waals surface area contributed by atoms with Crippen LogP contribution in [0.25, 0.3) is 34.0 Å². The molecular formula is C22H16N4O3. The molecule has 0 aliphatic heterocycles. The average Bonchev–Trinajstić information content (AvgIpc) is 3.34. The van der Waals surface area contributed by atoms with Crippen molar-refractivity contribution in [3.05, 3.63) is 81.4 Å². The predicted molar refractivity (Wildman–Crippen MR) is 110 cm³/mol. The number of nitriles is 1. The fraction of sp³-hybridized carbons (Fsp3) is 0.0909. The monoisotopic (exact) mass is 384 g/mol. The van der Waals surface area contributed by atoms with Crippen LogP contribution < -0.4 is 0 Å². The number of nitro benzene ring substituents is 1. The summed E-state index contributed by atoms with van der Waals surface area (Å²) in [6.45, 7) is 3.54. The van der Waals surface area contributed by atoms with Crippen LogP contribution in [0.2, 0.25) is 0 Å². The Balaban J connectivity index is 1.71. The second kappa shape index (κ2) is 7.09. The lowest BCUT2D eigenvalue weighted by atomic mass is 10.00. The fourth-order valence-corrected chi connectivity index (χ4v) is 3.22. The largest absolute Gasteiger partial charge is 0.457 e. The number of para-hydroxylation sites is 2. The molecule has 0 bridgehead atoms. The first kappa shape index (κ1) is 18.2. The first-order valence-electron chi connectivity index (χ1n) is 8.89. The van der Waals surface area contributed by atoms with E-state index in [0.717, 1.165) is 22.2 Å². The Bertz CT molecular complexity index is 1290. The van der Waals surface area contributed by atoms with Gasteiger partial charge >= 0.3 is 0 Å². The number of fused-ring (bicyclic) bond motifs is 1. The Morgan fingerprint density at radius 2 is 1.97 bits per heavy atom. The van der Waals surface area contributed by atoms with Crippen molar-refractivity contribution in [2.75, 3.05) is 0 Å². The smallest absolute Gasteiger partial charge is 0.272 e. The van der Waals surface area contributed by atoms with Crippen LogP contribution in [0, 0.1) is 35.3 Å². The minimum absolute atomic E-state index is 0.0783. The summed E-state index contributed by atoms with van der Waals surface area (Å²) < 4.78 is 5.89. The standard InChI is InChI=1S/C22H16N4O3/c1-13-14(2)20(26(27)28)9-8-17(13)21-10-7-16(29-21)11-15(12-23)22-24-18-5-3-4-6-19(18)25-22/h3-11H,1-2H3,(H,24,25). The zero-order chi connectivity index (χ0) is 20.5. The molecule has 0 saturated carbocycles. The van der Waals surface area contributed by atoms with Crippen LogP contribution in [0.15, 0.2) is 52.9 Å². The van der Waals surface area contributed by atoms with E-state index in [-0.39, 0.29) is 5.69 Å². The van der Waals surface area contributed by atoms with Gasteiger partial charge in [-0.1, -0.05) is 12.1 Å². The van der Waals surface area contributed by atoms with E-state index in [4.69, 9.17) is 4.42 Å². The van der Waals surface area contributed by atoms with Gasteiger partial charge in [-0.2, -0.15) is 5.26 Å². The van der Waals surface area contributed by atoms with Crippen LogP contribution in [0.3, 0.4) is 0 Å². The maximum Gasteiger partial charge on any atom is 0.272 e. The van der Waals surface area contributed by atoms with Crippen LogP contribution >= 0.6 is 0 Å². The van der Waals surface area contributed by atoms with Crippen LogP contribution in [0.4, 0.5) is 5.69 Å². The fourth-order valence-electron chi connectivity index (χ4n) is 3.22. The van der Waals surface area contributed by atoms with Crippen LogP contribution in [-0.4, -0.2) is 14.9 Å². The number of hydrogen-bond donors (Lipinski definition) is 1. The Labute approximate surface area is 166 Å². The van der Waals surface area contributed by atoms with Gasteiger partial charge in [-0.25, -0.2) is 4.98 Å². The Morgan fingerprint density at radius 3 is 2.69 bits per heavy atom. The SMILES string of the molecule is Cc1c(-c2ccc(C=C(C#N)c3nc4ccccc4[nH]3)o2)ccc([N+](=O)[O-])c1C. The summed E-state index contributed by atoms with van der Waals surface area (Å²) in [5, 5.41) is 20.7. The Morgan fingerprint density at radius 1 is 1.17 bits per heavy atom. The van der Waals surface area contributed by atoms with Crippen molar-refractivity contribution in [2.45, 2.75) is 13.8 Å². The molecule has 4 rings (SSSR count). The summed E-state index contributed by atoms with van der Waals surface area (Å²) in [5.41, 5.74) is 4.20. The number of rotatable bonds is 4. The minimum Gasteiger partial charge on any atom is -0.457 e. The molecule has 0 aliphatic carbocycles. The van der Waals surface area contributed by atoms with E-state index in [2.05, 4.69) is 16.0 Å². The minimum atomic E-state index is -0.394. The molecule has 0 amide bonds. The second-order valence-corrected chi connectivity index (χ2v) is 6.61. The molecule has 4 aromatic rings. The van der Waals surface area contributed by atoms with Gasteiger partial charge in [-0.15, -0.1) is 0 Å². The highest BCUT2D eigenvalue weighted by atomic mass is 16.6. The van der Waals surface area contributed by atoms with Gasteiger partial charge in [0.25, 0.3) is 5.69 Å². The van der Waals surface area contributed by atoms with Crippen LogP contribution in [0.1, 0.15) is 22.7 Å². The first-order chi connectivity index (χ1) is 14.0. The molecule has 0 aliphatic rings. The number of benzene rings is 2. The average molecular weight is 384 g/mol. The maximum atomic E-state index is 11.1. The molecule has 7 heteroatoms. The van der Waals surface area contributed by atoms with Crippen molar-refractivity contribution in [1.82, 2.24) is 9.97 Å². The molecule has 0 saturated heterocycles. The number of H-pyrrole nitrogens is 1. The number of nitro groups is 1. The lowest BCUT2D eigenvalue weighted by molar-refractivity contribution is -0.385. The normalized spacial score (nSPS) is 11.6. The van der Waals surface area contributed by atoms with Gasteiger partial charge in [-0.05, 0) is 49.7 Å². The number of hydrogen-bond acceptors (Lipinski definition) is 5. The number of aromatic nitrogens is 2. The van der Waals surface area contributed by atoms with E-state index >= 15 is 0 Å². The Kier molecular flexibility index (Phi) is 4.45. The first-order valence-corrected chi connectivity index (χ1v) is 8.89. The molecule has 0 radical (unpaired) electrons. The van der Waals surface area contributed by atoms with Crippen molar-refractivity contribution >= 4 is 28.4 Å². The van der Waals surface area contributed by atoms with Gasteiger partial charge in [0.15, 0.2) is 0 Å². The summed E-state index contributed by atoms with van der Waals surface area (Å²) in [4.78, 5) is 18.3. The van der Waals surface area contributed by atoms with E-state index in [1.165, 1.54) is 6.07 Å². The van der Waals surface area contributed by atoms with E-state index in [0.29, 0.717) is 28.5 Å². The predicted octanol–water partition coefficient (Wildman–Crippen LogP) is 5.41. The Hall–Kier alpha value is -4.18. The number of aromatic amines is 1. The van der Waals surface area contributed by atoms with Crippen molar-refractivity contribution in [2.24, 2.45) is 0 Å². The van der Waals surface area contributed by atoms with Gasteiger partial charge < -0.3 is 9.40 Å². The molecular weight excluding hydrogens is 368 g/mol. The van der Waals surface area contributed by atoms with Crippen molar-refractivity contribution in [3.8, 4) is 17.4 Å². The van der Waals surface area contributed by atoms with Gasteiger partial charge in [-0.3, -0.25) is 10.1 Å². The molecule has 2 aromatic carbocycles. The molecule has 142 valence electrons. The lowest BCUT2D eigenvalue weighted by Gasteiger charge is -2.06. The van der Waals surface area contributed by atoms with Gasteiger partial charge in [0.1, 0.15) is 23.4 Å². The lowest BCUT2D eigenvalue weighted by Crippen LogP contribution is -1.95. The summed E-state index contributed by atoms with van der Waals surface area (Å²) in [5.74, 6) is 1.54. The summed E-state index contributed by atoms with van der Waals surface area (Å²) >= 11 is 0. The van der Waals surface area contributed by atoms with Crippen molar-refractivity contribution in [1.29, 1.82) is 5.26 Å². The molecule has 1 N–H and O–H groups in total. The zero-order valence-corrected chi connectivity index (χ0v) is 15.8. The third kappa shape index (κ3) is 3.28. The van der Waals surface area contributed by atoms with E-state index in [1.807, 2.05) is 31.2 Å². The van der Waals surface area contributed by atoms with E-state index in [1.54, 1.807) is 31.2 Å². The number of imidazole rings is 1. The van der Waals surface area contributed by atoms with E-state index < -0.39 is 4.92 Å². The summed E-state index contributed by atoms with van der Waals surface area (Å²) in [7, 11) is 0. The van der Waals surface area contributed by atoms with Gasteiger partial charge in [0.05, 0.1) is 21.5 Å². The maximum absolute atomic E-state index is 11.1. The van der Waals surface area contributed by atoms with Crippen molar-refractivity contribution < 1.29 is 9.34 Å². The highest BCUT2D eigenvalue weighted by Crippen LogP contribution is 2.32. The number of nitrogens with zero attached hydrogens (tertiary/aromatic N) is 3.